The summed E-state index contributed by atoms with van der Waals surface area (Å²) in [5.74, 6) is -0.583. The predicted octanol–water partition coefficient (Wildman–Crippen LogP) is 5.11. The minimum atomic E-state index is -0.763. The van der Waals surface area contributed by atoms with Crippen LogP contribution in [0.25, 0.3) is 5.76 Å². The summed E-state index contributed by atoms with van der Waals surface area (Å²) in [6.07, 6.45) is 3.63. The van der Waals surface area contributed by atoms with E-state index in [1.54, 1.807) is 36.3 Å². The highest BCUT2D eigenvalue weighted by molar-refractivity contribution is 6.47. The van der Waals surface area contributed by atoms with Crippen LogP contribution in [-0.2, 0) is 9.59 Å². The zero-order chi connectivity index (χ0) is 22.8. The number of likely N-dealkylation sites (tertiary alicyclic amines) is 1. The van der Waals surface area contributed by atoms with Gasteiger partial charge in [0.2, 0.25) is 0 Å². The summed E-state index contributed by atoms with van der Waals surface area (Å²) >= 11 is 6.39. The minimum absolute atomic E-state index is 0.0157. The molecule has 168 valence electrons. The number of carbonyl (C=O) groups excluding carboxylic acids is 2. The predicted molar refractivity (Wildman–Crippen MR) is 122 cm³/mol. The maximum Gasteiger partial charge on any atom is 0.295 e. The van der Waals surface area contributed by atoms with Crippen molar-refractivity contribution in [3.63, 3.8) is 0 Å². The number of nitrogens with zero attached hydrogens (tertiary/aromatic N) is 1. The zero-order valence-electron chi connectivity index (χ0n) is 18.1. The first-order valence-corrected chi connectivity index (χ1v) is 11.2. The third-order valence-electron chi connectivity index (χ3n) is 6.14. The highest BCUT2D eigenvalue weighted by atomic mass is 35.5. The molecular weight excluding hydrogens is 430 g/mol. The Hall–Kier alpha value is -2.99. The number of aliphatic hydroxyl groups excluding tert-OH is 1. The largest absolute Gasteiger partial charge is 0.507 e. The fourth-order valence-corrected chi connectivity index (χ4v) is 4.90. The van der Waals surface area contributed by atoms with Gasteiger partial charge in [-0.2, -0.15) is 0 Å². The van der Waals surface area contributed by atoms with Gasteiger partial charge in [-0.3, -0.25) is 9.59 Å². The molecule has 1 amide bonds. The van der Waals surface area contributed by atoms with Gasteiger partial charge < -0.3 is 19.5 Å². The number of hydrogen-bond acceptors (Lipinski definition) is 5. The molecule has 0 bridgehead atoms. The number of Topliss-reactive ketones (excluding diaryl/α,β-unsaturated/α-hetero) is 1. The van der Waals surface area contributed by atoms with Gasteiger partial charge in [0.15, 0.2) is 0 Å². The summed E-state index contributed by atoms with van der Waals surface area (Å²) in [5, 5.41) is 11.6. The van der Waals surface area contributed by atoms with Crippen LogP contribution in [-0.4, -0.2) is 41.5 Å². The molecule has 6 nitrogen and oxygen atoms in total. The van der Waals surface area contributed by atoms with Crippen molar-refractivity contribution >= 4 is 29.1 Å². The van der Waals surface area contributed by atoms with Crippen molar-refractivity contribution in [2.75, 3.05) is 13.7 Å². The normalized spacial score (nSPS) is 20.7. The van der Waals surface area contributed by atoms with Gasteiger partial charge in [-0.15, -0.1) is 0 Å². The topological polar surface area (TPSA) is 76.1 Å². The molecule has 1 heterocycles. The first-order chi connectivity index (χ1) is 15.5. The smallest absolute Gasteiger partial charge is 0.295 e. The van der Waals surface area contributed by atoms with Crippen LogP contribution in [0.5, 0.6) is 11.5 Å². The molecule has 7 heteroatoms. The lowest BCUT2D eigenvalue weighted by Crippen LogP contribution is -2.37. The van der Waals surface area contributed by atoms with Gasteiger partial charge in [0.25, 0.3) is 11.7 Å². The molecule has 1 N–H and O–H groups in total. The molecule has 1 saturated heterocycles. The number of hydrogen-bond donors (Lipinski definition) is 1. The van der Waals surface area contributed by atoms with Gasteiger partial charge >= 0.3 is 0 Å². The van der Waals surface area contributed by atoms with Crippen LogP contribution in [0.3, 0.4) is 0 Å². The molecule has 1 saturated carbocycles. The first-order valence-electron chi connectivity index (χ1n) is 10.8. The van der Waals surface area contributed by atoms with Crippen molar-refractivity contribution in [3.05, 3.63) is 64.2 Å². The number of ketones is 1. The number of benzene rings is 2. The number of methoxy groups -OCH3 is 1. The Kier molecular flexibility index (Phi) is 6.42. The average molecular weight is 456 g/mol. The van der Waals surface area contributed by atoms with E-state index in [-0.39, 0.29) is 28.0 Å². The van der Waals surface area contributed by atoms with Gasteiger partial charge in [0.05, 0.1) is 30.4 Å². The number of carbonyl (C=O) groups is 2. The Morgan fingerprint density at radius 2 is 1.88 bits per heavy atom. The van der Waals surface area contributed by atoms with E-state index in [0.29, 0.717) is 23.7 Å². The number of aliphatic hydroxyl groups is 1. The lowest BCUT2D eigenvalue weighted by Gasteiger charge is -2.31. The summed E-state index contributed by atoms with van der Waals surface area (Å²) in [4.78, 5) is 28.1. The molecule has 2 aliphatic rings. The molecule has 1 aliphatic carbocycles. The molecule has 2 aromatic rings. The quantitative estimate of drug-likeness (QED) is 0.372. The molecule has 0 spiro atoms. The molecule has 1 atom stereocenters. The van der Waals surface area contributed by atoms with Gasteiger partial charge in [0.1, 0.15) is 17.3 Å². The van der Waals surface area contributed by atoms with E-state index >= 15 is 0 Å². The minimum Gasteiger partial charge on any atom is -0.507 e. The number of para-hydroxylation sites is 1. The molecule has 2 fully saturated rings. The summed E-state index contributed by atoms with van der Waals surface area (Å²) in [6.45, 7) is 2.29. The SMILES string of the molecule is CCOc1ccc(Cl)c(/C(O)=C2\C(=O)C(=O)N(C3CCCC3)C2c2ccccc2OC)c1. The second-order valence-electron chi connectivity index (χ2n) is 7.96. The third kappa shape index (κ3) is 3.84. The van der Waals surface area contributed by atoms with E-state index < -0.39 is 17.7 Å². The number of rotatable bonds is 6. The van der Waals surface area contributed by atoms with E-state index in [2.05, 4.69) is 0 Å². The lowest BCUT2D eigenvalue weighted by molar-refractivity contribution is -0.141. The first kappa shape index (κ1) is 22.2. The second-order valence-corrected chi connectivity index (χ2v) is 8.37. The van der Waals surface area contributed by atoms with Crippen LogP contribution in [0.15, 0.2) is 48.0 Å². The highest BCUT2D eigenvalue weighted by Crippen LogP contribution is 2.46. The van der Waals surface area contributed by atoms with Crippen molar-refractivity contribution in [1.82, 2.24) is 4.90 Å². The summed E-state index contributed by atoms with van der Waals surface area (Å²) < 4.78 is 11.1. The fraction of sp³-hybridized carbons (Fsp3) is 0.360. The summed E-state index contributed by atoms with van der Waals surface area (Å²) in [6, 6.07) is 11.3. The van der Waals surface area contributed by atoms with Gasteiger partial charge in [-0.1, -0.05) is 42.6 Å². The van der Waals surface area contributed by atoms with Crippen molar-refractivity contribution in [2.24, 2.45) is 0 Å². The van der Waals surface area contributed by atoms with Gasteiger partial charge in [-0.25, -0.2) is 0 Å². The van der Waals surface area contributed by atoms with Crippen LogP contribution < -0.4 is 9.47 Å². The van der Waals surface area contributed by atoms with Crippen molar-refractivity contribution < 1.29 is 24.2 Å². The fourth-order valence-electron chi connectivity index (χ4n) is 4.69. The second kappa shape index (κ2) is 9.25. The average Bonchev–Trinajstić information content (AvgIpc) is 3.41. The van der Waals surface area contributed by atoms with Crippen molar-refractivity contribution in [3.8, 4) is 11.5 Å². The van der Waals surface area contributed by atoms with Crippen LogP contribution in [0, 0.1) is 0 Å². The number of ether oxygens (including phenoxy) is 2. The molecule has 0 radical (unpaired) electrons. The Morgan fingerprint density at radius 3 is 2.56 bits per heavy atom. The van der Waals surface area contributed by atoms with Crippen molar-refractivity contribution in [2.45, 2.75) is 44.7 Å². The van der Waals surface area contributed by atoms with E-state index in [1.807, 2.05) is 25.1 Å². The maximum atomic E-state index is 13.3. The third-order valence-corrected chi connectivity index (χ3v) is 6.47. The number of halogens is 1. The van der Waals surface area contributed by atoms with Crippen molar-refractivity contribution in [1.29, 1.82) is 0 Å². The highest BCUT2D eigenvalue weighted by Gasteiger charge is 2.50. The Morgan fingerprint density at radius 1 is 1.16 bits per heavy atom. The van der Waals surface area contributed by atoms with E-state index in [9.17, 15) is 14.7 Å². The molecule has 1 aliphatic heterocycles. The monoisotopic (exact) mass is 455 g/mol. The van der Waals surface area contributed by atoms with Gasteiger partial charge in [0, 0.05) is 17.2 Å². The Bertz CT molecular complexity index is 1070. The molecule has 4 rings (SSSR count). The Balaban J connectivity index is 1.93. The Labute approximate surface area is 192 Å². The van der Waals surface area contributed by atoms with Crippen LogP contribution in [0.4, 0.5) is 0 Å². The van der Waals surface area contributed by atoms with Crippen LogP contribution >= 0.6 is 11.6 Å². The van der Waals surface area contributed by atoms with E-state index in [1.165, 1.54) is 0 Å². The molecule has 32 heavy (non-hydrogen) atoms. The van der Waals surface area contributed by atoms with Crippen LogP contribution in [0.2, 0.25) is 5.02 Å². The van der Waals surface area contributed by atoms with Gasteiger partial charge in [-0.05, 0) is 44.0 Å². The molecule has 2 aromatic carbocycles. The van der Waals surface area contributed by atoms with Crippen LogP contribution in [0.1, 0.15) is 49.8 Å². The maximum absolute atomic E-state index is 13.3. The number of amides is 1. The molecule has 0 aromatic heterocycles. The standard InChI is InChI=1S/C25H26ClNO5/c1-3-32-16-12-13-19(26)18(14-16)23(28)21-22(17-10-6-7-11-20(17)31-2)27(25(30)24(21)29)15-8-4-5-9-15/h6-7,10-15,22,28H,3-5,8-9H2,1-2H3/b23-21+. The lowest BCUT2D eigenvalue weighted by atomic mass is 9.94. The summed E-state index contributed by atoms with van der Waals surface area (Å²) in [5.41, 5.74) is 0.920. The summed E-state index contributed by atoms with van der Waals surface area (Å²) in [7, 11) is 1.54. The molecular formula is C25H26ClNO5. The van der Waals surface area contributed by atoms with E-state index in [4.69, 9.17) is 21.1 Å². The van der Waals surface area contributed by atoms with E-state index in [0.717, 1.165) is 25.7 Å². The zero-order valence-corrected chi connectivity index (χ0v) is 18.9. The molecule has 1 unspecified atom stereocenters.